The SMILES string of the molecule is CCOC(=O)c1c(NC(=O)/C=C\c2ccc(C(C)(C)C)cc2)sc(C(=O)N(C)C)c1C. The summed E-state index contributed by atoms with van der Waals surface area (Å²) in [5.41, 5.74) is 2.87. The number of esters is 1. The van der Waals surface area contributed by atoms with E-state index in [0.717, 1.165) is 16.9 Å². The molecule has 7 heteroatoms. The van der Waals surface area contributed by atoms with Crippen molar-refractivity contribution in [1.82, 2.24) is 4.90 Å². The maximum atomic E-state index is 12.5. The largest absolute Gasteiger partial charge is 0.462 e. The second kappa shape index (κ2) is 9.92. The van der Waals surface area contributed by atoms with E-state index in [1.165, 1.54) is 16.5 Å². The van der Waals surface area contributed by atoms with Crippen molar-refractivity contribution >= 4 is 40.2 Å². The van der Waals surface area contributed by atoms with Crippen molar-refractivity contribution in [3.05, 3.63) is 57.5 Å². The molecule has 0 saturated carbocycles. The summed E-state index contributed by atoms with van der Waals surface area (Å²) < 4.78 is 5.13. The molecule has 2 rings (SSSR count). The number of thiophene rings is 1. The lowest BCUT2D eigenvalue weighted by Crippen LogP contribution is -2.21. The molecule has 1 heterocycles. The van der Waals surface area contributed by atoms with Crippen LogP contribution in [0.1, 0.15) is 64.4 Å². The zero-order valence-corrected chi connectivity index (χ0v) is 20.0. The van der Waals surface area contributed by atoms with Crippen LogP contribution in [0.2, 0.25) is 0 Å². The normalized spacial score (nSPS) is 11.5. The minimum absolute atomic E-state index is 0.0574. The summed E-state index contributed by atoms with van der Waals surface area (Å²) in [6.45, 7) is 10.0. The lowest BCUT2D eigenvalue weighted by atomic mass is 9.87. The Labute approximate surface area is 187 Å². The molecule has 1 aromatic carbocycles. The van der Waals surface area contributed by atoms with Crippen LogP contribution in [-0.2, 0) is 14.9 Å². The minimum Gasteiger partial charge on any atom is -0.462 e. The third kappa shape index (κ3) is 6.04. The molecule has 0 aliphatic heterocycles. The first-order chi connectivity index (χ1) is 14.5. The van der Waals surface area contributed by atoms with Gasteiger partial charge in [0.15, 0.2) is 0 Å². The monoisotopic (exact) mass is 442 g/mol. The molecular weight excluding hydrogens is 412 g/mol. The first-order valence-electron chi connectivity index (χ1n) is 10.1. The van der Waals surface area contributed by atoms with Crippen LogP contribution < -0.4 is 5.32 Å². The lowest BCUT2D eigenvalue weighted by Gasteiger charge is -2.18. The van der Waals surface area contributed by atoms with Crippen molar-refractivity contribution in [2.24, 2.45) is 0 Å². The number of nitrogens with zero attached hydrogens (tertiary/aromatic N) is 1. The number of carbonyl (C=O) groups excluding carboxylic acids is 3. The van der Waals surface area contributed by atoms with E-state index in [9.17, 15) is 14.4 Å². The Morgan fingerprint density at radius 1 is 1.13 bits per heavy atom. The molecule has 0 saturated heterocycles. The fourth-order valence-electron chi connectivity index (χ4n) is 2.88. The van der Waals surface area contributed by atoms with Crippen LogP contribution in [0.4, 0.5) is 5.00 Å². The van der Waals surface area contributed by atoms with Gasteiger partial charge >= 0.3 is 5.97 Å². The Hall–Kier alpha value is -2.93. The molecule has 166 valence electrons. The number of nitrogens with one attached hydrogen (secondary N) is 1. The number of ether oxygens (including phenoxy) is 1. The van der Waals surface area contributed by atoms with Crippen LogP contribution in [0.3, 0.4) is 0 Å². The Bertz CT molecular complexity index is 996. The molecule has 0 spiro atoms. The average molecular weight is 443 g/mol. The van der Waals surface area contributed by atoms with Gasteiger partial charge in [-0.1, -0.05) is 45.0 Å². The maximum Gasteiger partial charge on any atom is 0.341 e. The Morgan fingerprint density at radius 3 is 2.26 bits per heavy atom. The summed E-state index contributed by atoms with van der Waals surface area (Å²) >= 11 is 1.07. The van der Waals surface area contributed by atoms with Crippen molar-refractivity contribution in [3.63, 3.8) is 0 Å². The second-order valence-corrected chi connectivity index (χ2v) is 9.40. The highest BCUT2D eigenvalue weighted by molar-refractivity contribution is 7.18. The smallest absolute Gasteiger partial charge is 0.341 e. The first kappa shape index (κ1) is 24.3. The number of anilines is 1. The minimum atomic E-state index is -0.564. The maximum absolute atomic E-state index is 12.5. The van der Waals surface area contributed by atoms with Gasteiger partial charge in [0.2, 0.25) is 5.91 Å². The molecule has 0 aliphatic rings. The lowest BCUT2D eigenvalue weighted by molar-refractivity contribution is -0.111. The van der Waals surface area contributed by atoms with Gasteiger partial charge in [-0.05, 0) is 42.0 Å². The summed E-state index contributed by atoms with van der Waals surface area (Å²) in [6, 6.07) is 7.99. The molecule has 0 bridgehead atoms. The van der Waals surface area contributed by atoms with Gasteiger partial charge in [-0.15, -0.1) is 11.3 Å². The molecule has 0 fully saturated rings. The number of rotatable bonds is 6. The summed E-state index contributed by atoms with van der Waals surface area (Å²) in [6.07, 6.45) is 3.11. The molecule has 31 heavy (non-hydrogen) atoms. The number of amides is 2. The van der Waals surface area contributed by atoms with E-state index in [1.54, 1.807) is 34.0 Å². The molecular formula is C24H30N2O4S. The van der Waals surface area contributed by atoms with E-state index in [2.05, 4.69) is 26.1 Å². The van der Waals surface area contributed by atoms with Crippen LogP contribution >= 0.6 is 11.3 Å². The summed E-state index contributed by atoms with van der Waals surface area (Å²) in [5, 5.41) is 3.04. The molecule has 2 aromatic rings. The highest BCUT2D eigenvalue weighted by atomic mass is 32.1. The average Bonchev–Trinajstić information content (AvgIpc) is 3.01. The number of carbonyl (C=O) groups is 3. The van der Waals surface area contributed by atoms with Crippen molar-refractivity contribution in [3.8, 4) is 0 Å². The highest BCUT2D eigenvalue weighted by Crippen LogP contribution is 2.34. The van der Waals surface area contributed by atoms with Gasteiger partial charge in [-0.2, -0.15) is 0 Å². The van der Waals surface area contributed by atoms with Crippen LogP contribution in [0.15, 0.2) is 30.3 Å². The standard InChI is InChI=1S/C24H30N2O4S/c1-8-30-23(29)19-15(2)20(22(28)26(6)7)31-21(19)25-18(27)14-11-16-9-12-17(13-10-16)24(3,4)5/h9-14H,8H2,1-7H3,(H,25,27)/b14-11-. The van der Waals surface area contributed by atoms with Gasteiger partial charge in [-0.25, -0.2) is 4.79 Å². The molecule has 0 unspecified atom stereocenters. The Balaban J connectivity index is 2.26. The second-order valence-electron chi connectivity index (χ2n) is 8.37. The van der Waals surface area contributed by atoms with Crippen LogP contribution in [0.5, 0.6) is 0 Å². The zero-order valence-electron chi connectivity index (χ0n) is 19.2. The molecule has 0 aliphatic carbocycles. The predicted octanol–water partition coefficient (Wildman–Crippen LogP) is 4.88. The topological polar surface area (TPSA) is 75.7 Å². The van der Waals surface area contributed by atoms with Crippen molar-refractivity contribution in [2.45, 2.75) is 40.0 Å². The molecule has 6 nitrogen and oxygen atoms in total. The predicted molar refractivity (Wildman–Crippen MR) is 126 cm³/mol. The summed E-state index contributed by atoms with van der Waals surface area (Å²) in [5.74, 6) is -1.19. The Morgan fingerprint density at radius 2 is 1.74 bits per heavy atom. The van der Waals surface area contributed by atoms with Gasteiger partial charge in [0.1, 0.15) is 5.00 Å². The third-order valence-corrected chi connectivity index (χ3v) is 5.86. The van der Waals surface area contributed by atoms with Gasteiger partial charge < -0.3 is 15.0 Å². The van der Waals surface area contributed by atoms with Crippen molar-refractivity contribution in [1.29, 1.82) is 0 Å². The quantitative estimate of drug-likeness (QED) is 0.511. The van der Waals surface area contributed by atoms with Gasteiger partial charge in [0.05, 0.1) is 17.0 Å². The molecule has 0 radical (unpaired) electrons. The molecule has 0 atom stereocenters. The van der Waals surface area contributed by atoms with Crippen molar-refractivity contribution < 1.29 is 19.1 Å². The van der Waals surface area contributed by atoms with E-state index < -0.39 is 11.9 Å². The van der Waals surface area contributed by atoms with Crippen LogP contribution in [0.25, 0.3) is 6.08 Å². The summed E-state index contributed by atoms with van der Waals surface area (Å²) in [7, 11) is 3.27. The van der Waals surface area contributed by atoms with Crippen LogP contribution in [0, 0.1) is 6.92 Å². The van der Waals surface area contributed by atoms with E-state index >= 15 is 0 Å². The van der Waals surface area contributed by atoms with Gasteiger partial charge in [-0.3, -0.25) is 9.59 Å². The third-order valence-electron chi connectivity index (χ3n) is 4.67. The van der Waals surface area contributed by atoms with E-state index in [-0.39, 0.29) is 23.5 Å². The fraction of sp³-hybridized carbons (Fsp3) is 0.375. The summed E-state index contributed by atoms with van der Waals surface area (Å²) in [4.78, 5) is 39.3. The number of hydrogen-bond donors (Lipinski definition) is 1. The number of hydrogen-bond acceptors (Lipinski definition) is 5. The van der Waals surface area contributed by atoms with Crippen molar-refractivity contribution in [2.75, 3.05) is 26.0 Å². The molecule has 1 aromatic heterocycles. The van der Waals surface area contributed by atoms with Gasteiger partial charge in [0.25, 0.3) is 5.91 Å². The van der Waals surface area contributed by atoms with Gasteiger partial charge in [0, 0.05) is 20.2 Å². The first-order valence-corrected chi connectivity index (χ1v) is 10.9. The molecule has 2 amide bonds. The fourth-order valence-corrected chi connectivity index (χ4v) is 4.10. The number of benzene rings is 1. The zero-order chi connectivity index (χ0) is 23.3. The van der Waals surface area contributed by atoms with Crippen LogP contribution in [-0.4, -0.2) is 43.4 Å². The Kier molecular flexibility index (Phi) is 7.79. The van der Waals surface area contributed by atoms with E-state index in [4.69, 9.17) is 4.74 Å². The highest BCUT2D eigenvalue weighted by Gasteiger charge is 2.27. The van der Waals surface area contributed by atoms with E-state index in [0.29, 0.717) is 15.4 Å². The van der Waals surface area contributed by atoms with E-state index in [1.807, 2.05) is 24.3 Å². The molecule has 1 N–H and O–H groups in total.